The van der Waals surface area contributed by atoms with E-state index < -0.39 is 0 Å². The molecular formula is C11H12N4OS. The monoisotopic (exact) mass is 248 g/mol. The van der Waals surface area contributed by atoms with Gasteiger partial charge in [0.15, 0.2) is 0 Å². The first kappa shape index (κ1) is 11.7. The SMILES string of the molecule is CCOc1ncnc(Sc2ccccn2)c1N. The molecule has 0 bridgehead atoms. The highest BCUT2D eigenvalue weighted by Crippen LogP contribution is 2.32. The zero-order valence-electron chi connectivity index (χ0n) is 9.33. The first-order chi connectivity index (χ1) is 8.31. The van der Waals surface area contributed by atoms with Gasteiger partial charge in [0, 0.05) is 6.20 Å². The van der Waals surface area contributed by atoms with Gasteiger partial charge in [-0.15, -0.1) is 0 Å². The van der Waals surface area contributed by atoms with Crippen molar-refractivity contribution in [3.8, 4) is 5.88 Å². The van der Waals surface area contributed by atoms with Gasteiger partial charge in [0.05, 0.1) is 6.61 Å². The van der Waals surface area contributed by atoms with Gasteiger partial charge in [-0.25, -0.2) is 9.97 Å². The second kappa shape index (κ2) is 5.49. The van der Waals surface area contributed by atoms with E-state index in [9.17, 15) is 0 Å². The molecule has 5 nitrogen and oxygen atoms in total. The third-order valence-electron chi connectivity index (χ3n) is 1.93. The number of nitrogens with zero attached hydrogens (tertiary/aromatic N) is 3. The van der Waals surface area contributed by atoms with E-state index in [-0.39, 0.29) is 0 Å². The molecule has 2 N–H and O–H groups in total. The Hall–Kier alpha value is -1.82. The summed E-state index contributed by atoms with van der Waals surface area (Å²) in [6.45, 7) is 2.40. The van der Waals surface area contributed by atoms with E-state index in [1.54, 1.807) is 6.20 Å². The van der Waals surface area contributed by atoms with Crippen molar-refractivity contribution in [2.75, 3.05) is 12.3 Å². The van der Waals surface area contributed by atoms with Crippen molar-refractivity contribution in [2.24, 2.45) is 0 Å². The van der Waals surface area contributed by atoms with Crippen LogP contribution in [0.2, 0.25) is 0 Å². The molecule has 0 spiro atoms. The summed E-state index contributed by atoms with van der Waals surface area (Å²) in [5.41, 5.74) is 6.37. The Kier molecular flexibility index (Phi) is 3.77. The molecule has 0 amide bonds. The Morgan fingerprint density at radius 3 is 2.88 bits per heavy atom. The molecule has 0 aliphatic rings. The first-order valence-electron chi connectivity index (χ1n) is 5.13. The van der Waals surface area contributed by atoms with Crippen LogP contribution in [0.1, 0.15) is 6.92 Å². The van der Waals surface area contributed by atoms with Crippen molar-refractivity contribution < 1.29 is 4.74 Å². The normalized spacial score (nSPS) is 10.2. The fourth-order valence-corrected chi connectivity index (χ4v) is 1.96. The minimum absolute atomic E-state index is 0.418. The third kappa shape index (κ3) is 2.85. The smallest absolute Gasteiger partial charge is 0.241 e. The van der Waals surface area contributed by atoms with Crippen molar-refractivity contribution in [1.82, 2.24) is 15.0 Å². The number of rotatable bonds is 4. The van der Waals surface area contributed by atoms with E-state index >= 15 is 0 Å². The average molecular weight is 248 g/mol. The Morgan fingerprint density at radius 2 is 2.18 bits per heavy atom. The number of nitrogen functional groups attached to an aromatic ring is 1. The fourth-order valence-electron chi connectivity index (χ4n) is 1.20. The lowest BCUT2D eigenvalue weighted by atomic mass is 10.5. The van der Waals surface area contributed by atoms with Gasteiger partial charge in [-0.3, -0.25) is 0 Å². The van der Waals surface area contributed by atoms with Crippen LogP contribution in [0.5, 0.6) is 5.88 Å². The van der Waals surface area contributed by atoms with Gasteiger partial charge >= 0.3 is 0 Å². The lowest BCUT2D eigenvalue weighted by Gasteiger charge is -2.07. The number of hydrogen-bond acceptors (Lipinski definition) is 6. The second-order valence-corrected chi connectivity index (χ2v) is 4.11. The Bertz CT molecular complexity index is 492. The lowest BCUT2D eigenvalue weighted by Crippen LogP contribution is -2.02. The molecule has 17 heavy (non-hydrogen) atoms. The summed E-state index contributed by atoms with van der Waals surface area (Å²) in [6, 6.07) is 5.67. The Labute approximate surface area is 103 Å². The minimum atomic E-state index is 0.418. The summed E-state index contributed by atoms with van der Waals surface area (Å²) < 4.78 is 5.31. The summed E-state index contributed by atoms with van der Waals surface area (Å²) in [5.74, 6) is 0.418. The Morgan fingerprint density at radius 1 is 1.29 bits per heavy atom. The number of hydrogen-bond donors (Lipinski definition) is 1. The van der Waals surface area contributed by atoms with E-state index in [0.717, 1.165) is 5.03 Å². The molecule has 6 heteroatoms. The first-order valence-corrected chi connectivity index (χ1v) is 5.95. The average Bonchev–Trinajstić information content (AvgIpc) is 2.36. The molecular weight excluding hydrogens is 236 g/mol. The van der Waals surface area contributed by atoms with Gasteiger partial charge in [-0.1, -0.05) is 6.07 Å². The maximum atomic E-state index is 5.92. The summed E-state index contributed by atoms with van der Waals surface area (Å²) in [4.78, 5) is 12.3. The molecule has 0 aromatic carbocycles. The lowest BCUT2D eigenvalue weighted by molar-refractivity contribution is 0.327. The van der Waals surface area contributed by atoms with Crippen LogP contribution < -0.4 is 10.5 Å². The van der Waals surface area contributed by atoms with Crippen LogP contribution in [-0.4, -0.2) is 21.6 Å². The van der Waals surface area contributed by atoms with Crippen molar-refractivity contribution in [3.05, 3.63) is 30.7 Å². The summed E-state index contributed by atoms with van der Waals surface area (Å²) >= 11 is 1.39. The molecule has 88 valence electrons. The molecule has 0 atom stereocenters. The Balaban J connectivity index is 2.24. The van der Waals surface area contributed by atoms with Gasteiger partial charge in [0.2, 0.25) is 5.88 Å². The molecule has 2 aromatic heterocycles. The maximum Gasteiger partial charge on any atom is 0.241 e. The van der Waals surface area contributed by atoms with Crippen molar-refractivity contribution in [2.45, 2.75) is 17.0 Å². The van der Waals surface area contributed by atoms with Crippen LogP contribution in [0, 0.1) is 0 Å². The van der Waals surface area contributed by atoms with Gasteiger partial charge < -0.3 is 10.5 Å². The molecule has 0 fully saturated rings. The number of anilines is 1. The molecule has 0 aliphatic heterocycles. The van der Waals surface area contributed by atoms with Crippen LogP contribution in [0.15, 0.2) is 40.8 Å². The van der Waals surface area contributed by atoms with Gasteiger partial charge in [0.1, 0.15) is 22.1 Å². The maximum absolute atomic E-state index is 5.92. The fraction of sp³-hybridized carbons (Fsp3) is 0.182. The molecule has 2 aromatic rings. The minimum Gasteiger partial charge on any atom is -0.476 e. The van der Waals surface area contributed by atoms with E-state index in [4.69, 9.17) is 10.5 Å². The van der Waals surface area contributed by atoms with Crippen LogP contribution in [0.3, 0.4) is 0 Å². The quantitative estimate of drug-likeness (QED) is 0.834. The van der Waals surface area contributed by atoms with Crippen LogP contribution in [0.25, 0.3) is 0 Å². The summed E-state index contributed by atoms with van der Waals surface area (Å²) in [6.07, 6.45) is 3.16. The molecule has 0 aliphatic carbocycles. The number of aromatic nitrogens is 3. The molecule has 2 heterocycles. The molecule has 0 saturated carbocycles. The van der Waals surface area contributed by atoms with Crippen LogP contribution in [0.4, 0.5) is 5.69 Å². The zero-order chi connectivity index (χ0) is 12.1. The summed E-state index contributed by atoms with van der Waals surface area (Å²) in [7, 11) is 0. The predicted molar refractivity (Wildman–Crippen MR) is 66.0 cm³/mol. The van der Waals surface area contributed by atoms with Crippen molar-refractivity contribution in [1.29, 1.82) is 0 Å². The largest absolute Gasteiger partial charge is 0.476 e. The molecule has 0 unspecified atom stereocenters. The van der Waals surface area contributed by atoms with E-state index in [0.29, 0.717) is 23.2 Å². The second-order valence-electron chi connectivity index (χ2n) is 3.10. The van der Waals surface area contributed by atoms with Crippen molar-refractivity contribution >= 4 is 17.4 Å². The van der Waals surface area contributed by atoms with Crippen LogP contribution in [-0.2, 0) is 0 Å². The number of ether oxygens (including phenoxy) is 1. The molecule has 0 saturated heterocycles. The van der Waals surface area contributed by atoms with Gasteiger partial charge in [0.25, 0.3) is 0 Å². The summed E-state index contributed by atoms with van der Waals surface area (Å²) in [5, 5.41) is 1.49. The highest BCUT2D eigenvalue weighted by atomic mass is 32.2. The molecule has 0 radical (unpaired) electrons. The number of nitrogens with two attached hydrogens (primary N) is 1. The number of pyridine rings is 1. The van der Waals surface area contributed by atoms with E-state index in [1.165, 1.54) is 18.1 Å². The highest BCUT2D eigenvalue weighted by Gasteiger charge is 2.10. The predicted octanol–water partition coefficient (Wildman–Crippen LogP) is 2.00. The van der Waals surface area contributed by atoms with E-state index in [1.807, 2.05) is 25.1 Å². The topological polar surface area (TPSA) is 73.9 Å². The zero-order valence-corrected chi connectivity index (χ0v) is 10.1. The highest BCUT2D eigenvalue weighted by molar-refractivity contribution is 7.99. The van der Waals surface area contributed by atoms with Crippen molar-refractivity contribution in [3.63, 3.8) is 0 Å². The van der Waals surface area contributed by atoms with Crippen LogP contribution >= 0.6 is 11.8 Å². The standard InChI is InChI=1S/C11H12N4OS/c1-2-16-10-9(12)11(15-7-14-10)17-8-5-3-4-6-13-8/h3-7H,2,12H2,1H3. The molecule has 2 rings (SSSR count). The van der Waals surface area contributed by atoms with E-state index in [2.05, 4.69) is 15.0 Å². The van der Waals surface area contributed by atoms with Gasteiger partial charge in [-0.05, 0) is 30.8 Å². The van der Waals surface area contributed by atoms with Gasteiger partial charge in [-0.2, -0.15) is 4.98 Å². The third-order valence-corrected chi connectivity index (χ3v) is 2.90.